The van der Waals surface area contributed by atoms with Gasteiger partial charge in [0.2, 0.25) is 0 Å². The first-order chi connectivity index (χ1) is 7.68. The van der Waals surface area contributed by atoms with Crippen molar-refractivity contribution in [1.82, 2.24) is 5.48 Å². The molecule has 1 N–H and O–H groups in total. The largest absolute Gasteiger partial charge is 0.317 e. The number of hydroxylamine groups is 1. The topological polar surface area (TPSA) is 55.4 Å². The van der Waals surface area contributed by atoms with Crippen molar-refractivity contribution < 1.29 is 12.7 Å². The Morgan fingerprint density at radius 3 is 2.56 bits per heavy atom. The Balaban J connectivity index is 2.03. The van der Waals surface area contributed by atoms with Gasteiger partial charge in [-0.3, -0.25) is 5.48 Å². The predicted octanol–water partition coefficient (Wildman–Crippen LogP) is 1.96. The zero-order chi connectivity index (χ0) is 11.4. The van der Waals surface area contributed by atoms with E-state index < -0.39 is 10.1 Å². The first-order valence-corrected chi connectivity index (χ1v) is 6.53. The van der Waals surface area contributed by atoms with Crippen molar-refractivity contribution in [3.63, 3.8) is 0 Å². The Hall–Kier alpha value is -1.33. The molecule has 86 valence electrons. The van der Waals surface area contributed by atoms with E-state index in [1.165, 1.54) is 12.1 Å². The number of allylic oxidation sites excluding steroid dienone is 2. The lowest BCUT2D eigenvalue weighted by molar-refractivity contribution is 0.233. The normalized spacial score (nSPS) is 15.9. The molecule has 0 aromatic heterocycles. The van der Waals surface area contributed by atoms with Crippen molar-refractivity contribution in [2.24, 2.45) is 0 Å². The number of benzene rings is 1. The van der Waals surface area contributed by atoms with Gasteiger partial charge in [0.25, 0.3) is 0 Å². The lowest BCUT2D eigenvalue weighted by Crippen LogP contribution is -2.19. The van der Waals surface area contributed by atoms with Gasteiger partial charge >= 0.3 is 10.1 Å². The van der Waals surface area contributed by atoms with E-state index in [1.54, 1.807) is 18.2 Å². The maximum atomic E-state index is 11.7. The van der Waals surface area contributed by atoms with Crippen LogP contribution in [0.2, 0.25) is 0 Å². The number of rotatable bonds is 4. The van der Waals surface area contributed by atoms with Crippen LogP contribution in [0.5, 0.6) is 0 Å². The Morgan fingerprint density at radius 2 is 1.94 bits per heavy atom. The summed E-state index contributed by atoms with van der Waals surface area (Å²) in [5.74, 6) is 0. The lowest BCUT2D eigenvalue weighted by Gasteiger charge is -2.07. The summed E-state index contributed by atoms with van der Waals surface area (Å²) in [6, 6.07) is 8.07. The highest BCUT2D eigenvalue weighted by molar-refractivity contribution is 7.86. The SMILES string of the molecule is O=S(=O)(ONC1=CCCC1)c1ccccc1. The Bertz CT molecular complexity index is 479. The fourth-order valence-electron chi connectivity index (χ4n) is 1.51. The molecule has 1 aromatic carbocycles. The second-order valence-corrected chi connectivity index (χ2v) is 5.12. The van der Waals surface area contributed by atoms with Gasteiger partial charge in [-0.15, -0.1) is 4.28 Å². The van der Waals surface area contributed by atoms with Crippen molar-refractivity contribution in [2.45, 2.75) is 24.2 Å². The van der Waals surface area contributed by atoms with Crippen LogP contribution in [0.25, 0.3) is 0 Å². The smallest absolute Gasteiger partial charge is 0.254 e. The molecule has 0 amide bonds. The molecule has 1 aliphatic rings. The molecular weight excluding hydrogens is 226 g/mol. The first-order valence-electron chi connectivity index (χ1n) is 5.12. The van der Waals surface area contributed by atoms with Crippen LogP contribution in [0.4, 0.5) is 0 Å². The minimum Gasteiger partial charge on any atom is -0.254 e. The summed E-state index contributed by atoms with van der Waals surface area (Å²) in [4.78, 5) is 0.154. The van der Waals surface area contributed by atoms with E-state index >= 15 is 0 Å². The van der Waals surface area contributed by atoms with E-state index in [0.717, 1.165) is 25.0 Å². The summed E-state index contributed by atoms with van der Waals surface area (Å²) in [6.07, 6.45) is 4.79. The summed E-state index contributed by atoms with van der Waals surface area (Å²) < 4.78 is 28.1. The zero-order valence-electron chi connectivity index (χ0n) is 8.72. The van der Waals surface area contributed by atoms with E-state index in [9.17, 15) is 8.42 Å². The molecule has 0 atom stereocenters. The maximum absolute atomic E-state index is 11.7. The van der Waals surface area contributed by atoms with Crippen molar-refractivity contribution in [3.05, 3.63) is 42.1 Å². The molecule has 0 saturated carbocycles. The molecule has 1 aromatic rings. The Labute approximate surface area is 95.0 Å². The van der Waals surface area contributed by atoms with E-state index in [4.69, 9.17) is 4.28 Å². The van der Waals surface area contributed by atoms with Crippen LogP contribution in [-0.4, -0.2) is 8.42 Å². The summed E-state index contributed by atoms with van der Waals surface area (Å²) in [5.41, 5.74) is 3.33. The second-order valence-electron chi connectivity index (χ2n) is 3.57. The van der Waals surface area contributed by atoms with Crippen LogP contribution >= 0.6 is 0 Å². The van der Waals surface area contributed by atoms with Gasteiger partial charge in [0.1, 0.15) is 0 Å². The highest BCUT2D eigenvalue weighted by atomic mass is 32.2. The predicted molar refractivity (Wildman–Crippen MR) is 59.8 cm³/mol. The van der Waals surface area contributed by atoms with Gasteiger partial charge in [-0.25, -0.2) is 0 Å². The summed E-state index contributed by atoms with van der Waals surface area (Å²) in [6.45, 7) is 0. The van der Waals surface area contributed by atoms with Crippen LogP contribution in [0.3, 0.4) is 0 Å². The summed E-state index contributed by atoms with van der Waals surface area (Å²) >= 11 is 0. The van der Waals surface area contributed by atoms with E-state index in [2.05, 4.69) is 5.48 Å². The average Bonchev–Trinajstić information content (AvgIpc) is 2.81. The van der Waals surface area contributed by atoms with Gasteiger partial charge < -0.3 is 0 Å². The molecular formula is C11H13NO3S. The molecule has 5 heteroatoms. The minimum absolute atomic E-state index is 0.154. The van der Waals surface area contributed by atoms with Crippen molar-refractivity contribution in [2.75, 3.05) is 0 Å². The molecule has 0 heterocycles. The molecule has 0 spiro atoms. The van der Waals surface area contributed by atoms with Crippen molar-refractivity contribution >= 4 is 10.1 Å². The third-order valence-corrected chi connectivity index (χ3v) is 3.51. The summed E-state index contributed by atoms with van der Waals surface area (Å²) in [7, 11) is -3.70. The van der Waals surface area contributed by atoms with E-state index in [0.29, 0.717) is 0 Å². The first kappa shape index (κ1) is 11.2. The van der Waals surface area contributed by atoms with Crippen LogP contribution in [0.1, 0.15) is 19.3 Å². The van der Waals surface area contributed by atoms with Gasteiger partial charge in [-0.1, -0.05) is 24.3 Å². The molecule has 4 nitrogen and oxygen atoms in total. The quantitative estimate of drug-likeness (QED) is 0.816. The molecule has 0 fully saturated rings. The third-order valence-electron chi connectivity index (χ3n) is 2.36. The average molecular weight is 239 g/mol. The third kappa shape index (κ3) is 2.62. The Morgan fingerprint density at radius 1 is 1.19 bits per heavy atom. The molecule has 0 aliphatic heterocycles. The molecule has 0 radical (unpaired) electrons. The molecule has 2 rings (SSSR count). The number of hydrogen-bond acceptors (Lipinski definition) is 4. The van der Waals surface area contributed by atoms with Crippen LogP contribution in [0, 0.1) is 0 Å². The highest BCUT2D eigenvalue weighted by Gasteiger charge is 2.16. The van der Waals surface area contributed by atoms with Crippen LogP contribution in [-0.2, 0) is 14.4 Å². The van der Waals surface area contributed by atoms with E-state index in [1.807, 2.05) is 6.08 Å². The fourth-order valence-corrected chi connectivity index (χ4v) is 2.31. The minimum atomic E-state index is -3.70. The lowest BCUT2D eigenvalue weighted by atomic mass is 10.3. The summed E-state index contributed by atoms with van der Waals surface area (Å²) in [5, 5.41) is 0. The number of nitrogens with one attached hydrogen (secondary N) is 1. The van der Waals surface area contributed by atoms with Gasteiger partial charge in [0.05, 0.1) is 4.90 Å². The Kier molecular flexibility index (Phi) is 3.26. The molecule has 0 unspecified atom stereocenters. The van der Waals surface area contributed by atoms with Gasteiger partial charge in [-0.2, -0.15) is 8.42 Å². The van der Waals surface area contributed by atoms with Gasteiger partial charge in [0, 0.05) is 5.70 Å². The van der Waals surface area contributed by atoms with Crippen LogP contribution in [0.15, 0.2) is 47.0 Å². The van der Waals surface area contributed by atoms with Crippen LogP contribution < -0.4 is 5.48 Å². The van der Waals surface area contributed by atoms with Crippen molar-refractivity contribution in [1.29, 1.82) is 0 Å². The van der Waals surface area contributed by atoms with Crippen molar-refractivity contribution in [3.8, 4) is 0 Å². The standard InChI is InChI=1S/C11H13NO3S/c13-16(14,11-8-2-1-3-9-11)15-12-10-6-4-5-7-10/h1-3,6,8-9,12H,4-5,7H2. The highest BCUT2D eigenvalue weighted by Crippen LogP contribution is 2.16. The number of hydrogen-bond donors (Lipinski definition) is 1. The molecule has 16 heavy (non-hydrogen) atoms. The molecule has 0 bridgehead atoms. The molecule has 0 saturated heterocycles. The van der Waals surface area contributed by atoms with Gasteiger partial charge in [0.15, 0.2) is 0 Å². The van der Waals surface area contributed by atoms with Gasteiger partial charge in [-0.05, 0) is 31.4 Å². The second kappa shape index (κ2) is 4.67. The van der Waals surface area contributed by atoms with E-state index in [-0.39, 0.29) is 4.90 Å². The fraction of sp³-hybridized carbons (Fsp3) is 0.273. The maximum Gasteiger partial charge on any atom is 0.317 e. The monoisotopic (exact) mass is 239 g/mol. The zero-order valence-corrected chi connectivity index (χ0v) is 9.53. The molecule has 1 aliphatic carbocycles.